The second-order valence-corrected chi connectivity index (χ2v) is 5.33. The fraction of sp³-hybridized carbons (Fsp3) is 0.286. The van der Waals surface area contributed by atoms with Crippen LogP contribution in [0, 0.1) is 20.8 Å². The van der Waals surface area contributed by atoms with Crippen LogP contribution >= 0.6 is 11.5 Å². The number of benzene rings is 1. The number of hydrogen-bond donors (Lipinski definition) is 1. The number of carbonyl (C=O) groups is 2. The Balaban J connectivity index is 1.94. The molecule has 6 nitrogen and oxygen atoms in total. The molecule has 0 atom stereocenters. The molecular weight excluding hydrogens is 290 g/mol. The molecule has 110 valence electrons. The molecule has 7 heteroatoms. The highest BCUT2D eigenvalue weighted by Crippen LogP contribution is 2.19. The van der Waals surface area contributed by atoms with Gasteiger partial charge in [-0.2, -0.15) is 0 Å². The number of nitrogens with zero attached hydrogens (tertiary/aromatic N) is 2. The van der Waals surface area contributed by atoms with Crippen molar-refractivity contribution >= 4 is 29.1 Å². The summed E-state index contributed by atoms with van der Waals surface area (Å²) in [5.74, 6) is -0.963. The van der Waals surface area contributed by atoms with E-state index < -0.39 is 5.97 Å². The Hall–Kier alpha value is -2.28. The lowest BCUT2D eigenvalue weighted by atomic mass is 10.1. The van der Waals surface area contributed by atoms with Crippen molar-refractivity contribution in [2.75, 3.05) is 11.9 Å². The highest BCUT2D eigenvalue weighted by molar-refractivity contribution is 7.07. The summed E-state index contributed by atoms with van der Waals surface area (Å²) in [5.41, 5.74) is 3.16. The van der Waals surface area contributed by atoms with E-state index in [4.69, 9.17) is 4.74 Å². The molecule has 0 bridgehead atoms. The summed E-state index contributed by atoms with van der Waals surface area (Å²) in [6.07, 6.45) is 0. The number of para-hydroxylation sites is 1. The normalized spacial score (nSPS) is 10.2. The summed E-state index contributed by atoms with van der Waals surface area (Å²) in [6, 6.07) is 5.72. The van der Waals surface area contributed by atoms with E-state index in [9.17, 15) is 9.59 Å². The van der Waals surface area contributed by atoms with E-state index in [2.05, 4.69) is 14.9 Å². The number of carbonyl (C=O) groups excluding carboxylic acids is 2. The van der Waals surface area contributed by atoms with Crippen LogP contribution in [-0.2, 0) is 9.53 Å². The van der Waals surface area contributed by atoms with E-state index >= 15 is 0 Å². The van der Waals surface area contributed by atoms with Gasteiger partial charge in [0.25, 0.3) is 5.91 Å². The molecule has 21 heavy (non-hydrogen) atoms. The largest absolute Gasteiger partial charge is 0.451 e. The van der Waals surface area contributed by atoms with Crippen molar-refractivity contribution in [2.45, 2.75) is 20.8 Å². The summed E-state index contributed by atoms with van der Waals surface area (Å²) in [4.78, 5) is 23.9. The van der Waals surface area contributed by atoms with Gasteiger partial charge in [0.05, 0.1) is 5.69 Å². The van der Waals surface area contributed by atoms with Crippen molar-refractivity contribution < 1.29 is 14.3 Å². The zero-order valence-electron chi connectivity index (χ0n) is 12.0. The lowest BCUT2D eigenvalue weighted by Crippen LogP contribution is -2.21. The predicted molar refractivity (Wildman–Crippen MR) is 79.5 cm³/mol. The van der Waals surface area contributed by atoms with Gasteiger partial charge in [0, 0.05) is 5.69 Å². The van der Waals surface area contributed by atoms with Gasteiger partial charge in [-0.05, 0) is 43.4 Å². The van der Waals surface area contributed by atoms with Crippen molar-refractivity contribution in [1.82, 2.24) is 9.59 Å². The van der Waals surface area contributed by atoms with Gasteiger partial charge in [-0.1, -0.05) is 22.7 Å². The average molecular weight is 305 g/mol. The quantitative estimate of drug-likeness (QED) is 0.876. The second-order valence-electron chi connectivity index (χ2n) is 4.58. The van der Waals surface area contributed by atoms with Gasteiger partial charge in [0.2, 0.25) is 0 Å². The fourth-order valence-corrected chi connectivity index (χ4v) is 2.35. The molecule has 1 aromatic carbocycles. The maximum atomic E-state index is 11.9. The number of ether oxygens (including phenoxy) is 1. The van der Waals surface area contributed by atoms with Crippen LogP contribution < -0.4 is 5.32 Å². The Morgan fingerprint density at radius 1 is 1.24 bits per heavy atom. The van der Waals surface area contributed by atoms with E-state index in [1.807, 2.05) is 32.0 Å². The molecule has 1 aromatic heterocycles. The minimum absolute atomic E-state index is 0.315. The Morgan fingerprint density at radius 3 is 2.48 bits per heavy atom. The summed E-state index contributed by atoms with van der Waals surface area (Å²) in [6.45, 7) is 5.13. The fourth-order valence-electron chi connectivity index (χ4n) is 1.80. The van der Waals surface area contributed by atoms with E-state index in [-0.39, 0.29) is 12.5 Å². The van der Waals surface area contributed by atoms with Crippen molar-refractivity contribution in [1.29, 1.82) is 0 Å². The molecule has 0 saturated carbocycles. The molecular formula is C14H15N3O3S. The topological polar surface area (TPSA) is 81.2 Å². The lowest BCUT2D eigenvalue weighted by molar-refractivity contribution is -0.119. The SMILES string of the molecule is Cc1cccc(C)c1NC(=O)COC(=O)c1snnc1C. The number of nitrogens with one attached hydrogen (secondary N) is 1. The number of aromatic nitrogens is 2. The first-order chi connectivity index (χ1) is 9.99. The van der Waals surface area contributed by atoms with Crippen molar-refractivity contribution in [2.24, 2.45) is 0 Å². The highest BCUT2D eigenvalue weighted by atomic mass is 32.1. The van der Waals surface area contributed by atoms with Gasteiger partial charge < -0.3 is 10.1 Å². The molecule has 1 amide bonds. The predicted octanol–water partition coefficient (Wildman–Crippen LogP) is 2.26. The van der Waals surface area contributed by atoms with Crippen molar-refractivity contribution in [3.8, 4) is 0 Å². The molecule has 2 rings (SSSR count). The number of esters is 1. The maximum Gasteiger partial charge on any atom is 0.352 e. The van der Waals surface area contributed by atoms with Crippen LogP contribution in [0.15, 0.2) is 18.2 Å². The molecule has 1 N–H and O–H groups in total. The minimum Gasteiger partial charge on any atom is -0.451 e. The van der Waals surface area contributed by atoms with Crippen LogP contribution in [0.3, 0.4) is 0 Å². The van der Waals surface area contributed by atoms with Crippen LogP contribution in [0.4, 0.5) is 5.69 Å². The number of rotatable bonds is 4. The molecule has 0 saturated heterocycles. The molecule has 0 spiro atoms. The van der Waals surface area contributed by atoms with Crippen LogP contribution in [0.25, 0.3) is 0 Å². The molecule has 0 aliphatic rings. The Labute approximate surface area is 126 Å². The molecule has 0 radical (unpaired) electrons. The van der Waals surface area contributed by atoms with E-state index in [1.54, 1.807) is 6.92 Å². The van der Waals surface area contributed by atoms with Crippen LogP contribution in [0.5, 0.6) is 0 Å². The van der Waals surface area contributed by atoms with Gasteiger partial charge in [-0.25, -0.2) is 4.79 Å². The Morgan fingerprint density at radius 2 is 1.90 bits per heavy atom. The Bertz CT molecular complexity index is 662. The third-order valence-corrected chi connectivity index (χ3v) is 3.72. The summed E-state index contributed by atoms with van der Waals surface area (Å²) < 4.78 is 8.61. The van der Waals surface area contributed by atoms with Crippen LogP contribution in [-0.4, -0.2) is 28.1 Å². The van der Waals surface area contributed by atoms with Gasteiger partial charge in [0.15, 0.2) is 11.5 Å². The van der Waals surface area contributed by atoms with Crippen LogP contribution in [0.2, 0.25) is 0 Å². The maximum absolute atomic E-state index is 11.9. The monoisotopic (exact) mass is 305 g/mol. The standard InChI is InChI=1S/C14H15N3O3S/c1-8-5-4-6-9(2)12(8)15-11(18)7-20-14(19)13-10(3)16-17-21-13/h4-6H,7H2,1-3H3,(H,15,18). The molecule has 0 fully saturated rings. The average Bonchev–Trinajstić information content (AvgIpc) is 2.87. The molecule has 1 heterocycles. The van der Waals surface area contributed by atoms with Gasteiger partial charge in [-0.15, -0.1) is 5.10 Å². The van der Waals surface area contributed by atoms with E-state index in [0.29, 0.717) is 10.6 Å². The van der Waals surface area contributed by atoms with Gasteiger partial charge in [0.1, 0.15) is 0 Å². The Kier molecular flexibility index (Phi) is 4.64. The van der Waals surface area contributed by atoms with Crippen molar-refractivity contribution in [3.63, 3.8) is 0 Å². The third kappa shape index (κ3) is 3.63. The third-order valence-electron chi connectivity index (χ3n) is 2.92. The molecule has 0 aliphatic carbocycles. The first kappa shape index (κ1) is 15.1. The number of aryl methyl sites for hydroxylation is 3. The van der Waals surface area contributed by atoms with Crippen LogP contribution in [0.1, 0.15) is 26.5 Å². The smallest absolute Gasteiger partial charge is 0.352 e. The molecule has 0 unspecified atom stereocenters. The zero-order chi connectivity index (χ0) is 15.4. The van der Waals surface area contributed by atoms with Gasteiger partial charge >= 0.3 is 5.97 Å². The number of amides is 1. The summed E-state index contributed by atoms with van der Waals surface area (Å²) in [7, 11) is 0. The van der Waals surface area contributed by atoms with E-state index in [1.165, 1.54) is 0 Å². The highest BCUT2D eigenvalue weighted by Gasteiger charge is 2.16. The lowest BCUT2D eigenvalue weighted by Gasteiger charge is -2.11. The number of hydrogen-bond acceptors (Lipinski definition) is 6. The first-order valence-corrected chi connectivity index (χ1v) is 7.08. The number of anilines is 1. The second kappa shape index (κ2) is 6.45. The van der Waals surface area contributed by atoms with Gasteiger partial charge in [-0.3, -0.25) is 4.79 Å². The zero-order valence-corrected chi connectivity index (χ0v) is 12.8. The minimum atomic E-state index is -0.584. The summed E-state index contributed by atoms with van der Waals surface area (Å²) >= 11 is 0.951. The van der Waals surface area contributed by atoms with E-state index in [0.717, 1.165) is 28.3 Å². The molecule has 2 aromatic rings. The van der Waals surface area contributed by atoms with Crippen molar-refractivity contribution in [3.05, 3.63) is 39.9 Å². The molecule has 0 aliphatic heterocycles. The summed E-state index contributed by atoms with van der Waals surface area (Å²) in [5, 5.41) is 6.47. The first-order valence-electron chi connectivity index (χ1n) is 6.31.